The van der Waals surface area contributed by atoms with Crippen LogP contribution in [0.4, 0.5) is 17.1 Å². The van der Waals surface area contributed by atoms with Crippen molar-refractivity contribution < 1.29 is 0 Å². The quantitative estimate of drug-likeness (QED) is 0.926. The maximum Gasteiger partial charge on any atom is 0.101 e. The van der Waals surface area contributed by atoms with Crippen molar-refractivity contribution in [2.45, 2.75) is 0 Å². The lowest BCUT2D eigenvalue weighted by atomic mass is 10.1. The molecule has 2 aromatic rings. The fourth-order valence-electron chi connectivity index (χ4n) is 1.78. The van der Waals surface area contributed by atoms with Crippen LogP contribution in [0, 0.1) is 11.3 Å². The number of hydrogen-bond donors (Lipinski definition) is 1. The second-order valence-electron chi connectivity index (χ2n) is 3.75. The Kier molecular flexibility index (Phi) is 3.49. The number of nitrogens with zero attached hydrogens (tertiary/aromatic N) is 3. The fourth-order valence-corrected chi connectivity index (χ4v) is 2.39. The van der Waals surface area contributed by atoms with Gasteiger partial charge in [0.1, 0.15) is 6.07 Å². The molecule has 90 valence electrons. The Balaban J connectivity index is 2.56. The normalized spacial score (nSPS) is 9.83. The predicted octanol–water partition coefficient (Wildman–Crippen LogP) is 3.07. The lowest BCUT2D eigenvalue weighted by Crippen LogP contribution is -2.13. The van der Waals surface area contributed by atoms with Gasteiger partial charge < -0.3 is 10.6 Å². The number of halogens is 1. The van der Waals surface area contributed by atoms with E-state index in [4.69, 9.17) is 11.0 Å². The zero-order valence-corrected chi connectivity index (χ0v) is 11.3. The minimum atomic E-state index is 0.555. The van der Waals surface area contributed by atoms with E-state index < -0.39 is 0 Å². The van der Waals surface area contributed by atoms with Crippen LogP contribution >= 0.6 is 15.9 Å². The van der Waals surface area contributed by atoms with Crippen LogP contribution in [-0.2, 0) is 0 Å². The summed E-state index contributed by atoms with van der Waals surface area (Å²) in [6.45, 7) is 0. The van der Waals surface area contributed by atoms with E-state index in [-0.39, 0.29) is 0 Å². The van der Waals surface area contributed by atoms with E-state index >= 15 is 0 Å². The van der Waals surface area contributed by atoms with Gasteiger partial charge in [-0.25, -0.2) is 0 Å². The van der Waals surface area contributed by atoms with Gasteiger partial charge in [0.2, 0.25) is 0 Å². The average Bonchev–Trinajstić information content (AvgIpc) is 2.38. The van der Waals surface area contributed by atoms with Crippen molar-refractivity contribution in [3.8, 4) is 6.07 Å². The van der Waals surface area contributed by atoms with Crippen molar-refractivity contribution in [3.05, 3.63) is 46.7 Å². The number of benzene rings is 1. The molecule has 0 atom stereocenters. The summed E-state index contributed by atoms with van der Waals surface area (Å²) in [7, 11) is 1.87. The molecule has 1 heterocycles. The van der Waals surface area contributed by atoms with E-state index in [1.54, 1.807) is 18.5 Å². The molecule has 18 heavy (non-hydrogen) atoms. The van der Waals surface area contributed by atoms with Crippen LogP contribution in [0.2, 0.25) is 0 Å². The molecule has 4 nitrogen and oxygen atoms in total. The van der Waals surface area contributed by atoms with Crippen LogP contribution in [0.3, 0.4) is 0 Å². The molecule has 0 saturated heterocycles. The van der Waals surface area contributed by atoms with Crippen molar-refractivity contribution in [1.29, 1.82) is 5.26 Å². The molecule has 2 N–H and O–H groups in total. The van der Waals surface area contributed by atoms with E-state index in [1.807, 2.05) is 30.1 Å². The lowest BCUT2D eigenvalue weighted by molar-refractivity contribution is 1.17. The standard InChI is InChI=1S/C13H11BrN4/c1-18(12-5-3-2-4-9(12)6-15)13-10(14)7-17-8-11(13)16/h2-5,7-8H,16H2,1H3. The van der Waals surface area contributed by atoms with Gasteiger partial charge in [-0.1, -0.05) is 12.1 Å². The molecule has 5 heteroatoms. The molecule has 0 amide bonds. The third-order valence-corrected chi connectivity index (χ3v) is 3.20. The topological polar surface area (TPSA) is 65.9 Å². The maximum absolute atomic E-state index is 9.12. The van der Waals surface area contributed by atoms with E-state index in [9.17, 15) is 0 Å². The number of pyridine rings is 1. The molecule has 0 bridgehead atoms. The molecule has 0 saturated carbocycles. The highest BCUT2D eigenvalue weighted by atomic mass is 79.9. The van der Waals surface area contributed by atoms with Crippen molar-refractivity contribution in [3.63, 3.8) is 0 Å². The highest BCUT2D eigenvalue weighted by Gasteiger charge is 2.14. The zero-order valence-electron chi connectivity index (χ0n) is 9.76. The Morgan fingerprint density at radius 2 is 2.06 bits per heavy atom. The van der Waals surface area contributed by atoms with Crippen molar-refractivity contribution in [2.75, 3.05) is 17.7 Å². The first kappa shape index (κ1) is 12.4. The van der Waals surface area contributed by atoms with Crippen molar-refractivity contribution in [2.24, 2.45) is 0 Å². The van der Waals surface area contributed by atoms with E-state index in [1.165, 1.54) is 0 Å². The second-order valence-corrected chi connectivity index (χ2v) is 4.60. The first-order chi connectivity index (χ1) is 8.65. The number of hydrogen-bond acceptors (Lipinski definition) is 4. The Morgan fingerprint density at radius 1 is 1.33 bits per heavy atom. The Morgan fingerprint density at radius 3 is 2.72 bits per heavy atom. The van der Waals surface area contributed by atoms with E-state index in [2.05, 4.69) is 27.0 Å². The summed E-state index contributed by atoms with van der Waals surface area (Å²) < 4.78 is 0.790. The largest absolute Gasteiger partial charge is 0.396 e. The first-order valence-corrected chi connectivity index (χ1v) is 6.06. The number of rotatable bonds is 2. The maximum atomic E-state index is 9.12. The van der Waals surface area contributed by atoms with Gasteiger partial charge in [0.25, 0.3) is 0 Å². The molecule has 0 unspecified atom stereocenters. The van der Waals surface area contributed by atoms with Gasteiger partial charge >= 0.3 is 0 Å². The van der Waals surface area contributed by atoms with E-state index in [0.29, 0.717) is 11.3 Å². The molecule has 1 aromatic heterocycles. The molecule has 0 aliphatic rings. The fraction of sp³-hybridized carbons (Fsp3) is 0.0769. The SMILES string of the molecule is CN(c1ccccc1C#N)c1c(N)cncc1Br. The minimum Gasteiger partial charge on any atom is -0.396 e. The number of aromatic nitrogens is 1. The number of para-hydroxylation sites is 1. The summed E-state index contributed by atoms with van der Waals surface area (Å²) in [5.74, 6) is 0. The Labute approximate surface area is 114 Å². The smallest absolute Gasteiger partial charge is 0.101 e. The van der Waals surface area contributed by atoms with Crippen LogP contribution < -0.4 is 10.6 Å². The molecular weight excluding hydrogens is 292 g/mol. The third kappa shape index (κ3) is 2.15. The van der Waals surface area contributed by atoms with Gasteiger partial charge in [-0.15, -0.1) is 0 Å². The summed E-state index contributed by atoms with van der Waals surface area (Å²) in [6, 6.07) is 9.55. The third-order valence-electron chi connectivity index (χ3n) is 2.62. The molecule has 2 rings (SSSR count). The van der Waals surface area contributed by atoms with Gasteiger partial charge in [0.05, 0.1) is 33.3 Å². The Hall–Kier alpha value is -2.06. The monoisotopic (exact) mass is 302 g/mol. The van der Waals surface area contributed by atoms with Crippen LogP contribution in [0.1, 0.15) is 5.56 Å². The summed E-state index contributed by atoms with van der Waals surface area (Å²) in [5, 5.41) is 9.12. The number of nitrogens with two attached hydrogens (primary N) is 1. The molecule has 0 spiro atoms. The molecular formula is C13H11BrN4. The number of nitriles is 1. The summed E-state index contributed by atoms with van der Waals surface area (Å²) in [4.78, 5) is 5.87. The van der Waals surface area contributed by atoms with Gasteiger partial charge in [0.15, 0.2) is 0 Å². The molecule has 0 radical (unpaired) electrons. The number of nitrogen functional groups attached to an aromatic ring is 1. The van der Waals surface area contributed by atoms with Gasteiger partial charge in [0, 0.05) is 13.2 Å². The van der Waals surface area contributed by atoms with Crippen LogP contribution in [0.15, 0.2) is 41.1 Å². The van der Waals surface area contributed by atoms with Crippen LogP contribution in [-0.4, -0.2) is 12.0 Å². The molecule has 0 fully saturated rings. The average molecular weight is 303 g/mol. The first-order valence-electron chi connectivity index (χ1n) is 5.27. The summed E-state index contributed by atoms with van der Waals surface area (Å²) in [5.41, 5.74) is 8.69. The van der Waals surface area contributed by atoms with Gasteiger partial charge in [-0.05, 0) is 28.1 Å². The highest BCUT2D eigenvalue weighted by Crippen LogP contribution is 2.36. The van der Waals surface area contributed by atoms with Crippen molar-refractivity contribution >= 4 is 33.0 Å². The second kappa shape index (κ2) is 5.07. The molecule has 0 aliphatic heterocycles. The van der Waals surface area contributed by atoms with Crippen molar-refractivity contribution in [1.82, 2.24) is 4.98 Å². The zero-order chi connectivity index (χ0) is 13.1. The van der Waals surface area contributed by atoms with Crippen LogP contribution in [0.5, 0.6) is 0 Å². The minimum absolute atomic E-state index is 0.555. The summed E-state index contributed by atoms with van der Waals surface area (Å²) in [6.07, 6.45) is 3.27. The van der Waals surface area contributed by atoms with Gasteiger partial charge in [-0.2, -0.15) is 5.26 Å². The van der Waals surface area contributed by atoms with Gasteiger partial charge in [-0.3, -0.25) is 4.98 Å². The molecule has 0 aliphatic carbocycles. The highest BCUT2D eigenvalue weighted by molar-refractivity contribution is 9.10. The van der Waals surface area contributed by atoms with E-state index in [0.717, 1.165) is 15.8 Å². The predicted molar refractivity (Wildman–Crippen MR) is 75.6 cm³/mol. The lowest BCUT2D eigenvalue weighted by Gasteiger charge is -2.23. The van der Waals surface area contributed by atoms with Crippen LogP contribution in [0.25, 0.3) is 0 Å². The summed E-state index contributed by atoms with van der Waals surface area (Å²) >= 11 is 3.42. The molecule has 1 aromatic carbocycles. The Bertz CT molecular complexity index is 598. The number of anilines is 3.